The van der Waals surface area contributed by atoms with E-state index in [1.807, 2.05) is 0 Å². The van der Waals surface area contributed by atoms with Gasteiger partial charge in [-0.3, -0.25) is 9.59 Å². The lowest BCUT2D eigenvalue weighted by Crippen LogP contribution is -2.58. The van der Waals surface area contributed by atoms with Gasteiger partial charge in [-0.25, -0.2) is 14.4 Å². The lowest BCUT2D eigenvalue weighted by atomic mass is 9.94. The Morgan fingerprint density at radius 2 is 1.45 bits per heavy atom. The van der Waals surface area contributed by atoms with Crippen LogP contribution < -0.4 is 21.3 Å². The summed E-state index contributed by atoms with van der Waals surface area (Å²) in [5, 5.41) is 62.5. The third kappa shape index (κ3) is 11.2. The lowest BCUT2D eigenvalue weighted by Gasteiger charge is -2.28. The van der Waals surface area contributed by atoms with E-state index in [0.29, 0.717) is 11.1 Å². The molecule has 2 aromatic rings. The largest absolute Gasteiger partial charge is 0.508 e. The number of aliphatic hydroxyl groups is 2. The Morgan fingerprint density at radius 3 is 2.04 bits per heavy atom. The SMILES string of the molecule is CC(C)(C)OC(=O)NC[C@H](O)C[C@H]1NC(=O)[C@@H](NC(=O)OC(C)(C)C)Cc2cc(ccc2O)-c2ccc(O)c(c2)[C@H](O)[C@H](C(=O)O)NC1=O. The highest BCUT2D eigenvalue weighted by atomic mass is 16.6. The van der Waals surface area contributed by atoms with Crippen LogP contribution in [0.5, 0.6) is 11.5 Å². The van der Waals surface area contributed by atoms with E-state index in [0.717, 1.165) is 0 Å². The molecule has 0 unspecified atom stereocenters. The van der Waals surface area contributed by atoms with Gasteiger partial charge in [-0.1, -0.05) is 12.1 Å². The van der Waals surface area contributed by atoms with Gasteiger partial charge in [-0.05, 0) is 82.5 Å². The monoisotopic (exact) mass is 688 g/mol. The fourth-order valence-electron chi connectivity index (χ4n) is 4.86. The van der Waals surface area contributed by atoms with Gasteiger partial charge in [0.1, 0.15) is 40.9 Å². The summed E-state index contributed by atoms with van der Waals surface area (Å²) in [6.07, 6.45) is -6.29. The summed E-state index contributed by atoms with van der Waals surface area (Å²) in [6, 6.07) is 3.09. The van der Waals surface area contributed by atoms with E-state index in [-0.39, 0.29) is 23.3 Å². The number of rotatable bonds is 6. The standard InChI is InChI=1S/C33H44N4O12/c1-32(2,3)48-30(46)34-15-19(38)14-22-28(43)37-25(29(44)45)26(41)20-12-17(8-10-24(20)40)16-7-9-23(39)18(11-16)13-21(27(42)35-22)36-31(47)49-33(4,5)6/h7-12,19,21-22,25-26,38-41H,13-15H2,1-6H3,(H,34,46)(H,35,42)(H,36,47)(H,37,43)(H,44,45)/t19-,21+,22-,25-,26+/m1/s1. The molecule has 0 aliphatic carbocycles. The Morgan fingerprint density at radius 1 is 0.878 bits per heavy atom. The van der Waals surface area contributed by atoms with E-state index < -0.39 is 90.2 Å². The second-order valence-corrected chi connectivity index (χ2v) is 13.6. The average Bonchev–Trinajstić information content (AvgIpc) is 2.96. The number of nitrogens with one attached hydrogen (secondary N) is 4. The minimum absolute atomic E-state index is 0.171. The highest BCUT2D eigenvalue weighted by Gasteiger charge is 2.36. The van der Waals surface area contributed by atoms with Crippen LogP contribution in [0.25, 0.3) is 11.1 Å². The minimum Gasteiger partial charge on any atom is -0.508 e. The van der Waals surface area contributed by atoms with Crippen molar-refractivity contribution in [3.05, 3.63) is 47.5 Å². The number of carbonyl (C=O) groups excluding carboxylic acids is 4. The van der Waals surface area contributed by atoms with Crippen molar-refractivity contribution in [2.45, 2.75) is 95.9 Å². The second-order valence-electron chi connectivity index (χ2n) is 13.6. The molecule has 0 saturated heterocycles. The molecule has 5 atom stereocenters. The van der Waals surface area contributed by atoms with Crippen molar-refractivity contribution in [1.82, 2.24) is 21.3 Å². The van der Waals surface area contributed by atoms with Gasteiger partial charge in [-0.15, -0.1) is 0 Å². The zero-order valence-electron chi connectivity index (χ0n) is 28.1. The van der Waals surface area contributed by atoms with E-state index in [9.17, 15) is 49.5 Å². The zero-order chi connectivity index (χ0) is 36.8. The maximum absolute atomic E-state index is 13.8. The van der Waals surface area contributed by atoms with E-state index >= 15 is 0 Å². The van der Waals surface area contributed by atoms with Gasteiger partial charge in [-0.2, -0.15) is 0 Å². The molecule has 9 N–H and O–H groups in total. The number of hydrogen-bond acceptors (Lipinski definition) is 11. The molecule has 0 spiro atoms. The molecule has 16 nitrogen and oxygen atoms in total. The van der Waals surface area contributed by atoms with Crippen molar-refractivity contribution in [1.29, 1.82) is 0 Å². The molecule has 16 heteroatoms. The molecular formula is C33H44N4O12. The van der Waals surface area contributed by atoms with Crippen LogP contribution in [-0.2, 0) is 30.3 Å². The summed E-state index contributed by atoms with van der Waals surface area (Å²) in [5.41, 5.74) is -1.08. The molecule has 1 heterocycles. The van der Waals surface area contributed by atoms with Gasteiger partial charge in [0, 0.05) is 24.9 Å². The number of fused-ring (bicyclic) bond motifs is 5. The first-order valence-corrected chi connectivity index (χ1v) is 15.4. The summed E-state index contributed by atoms with van der Waals surface area (Å²) in [6.45, 7) is 9.24. The van der Waals surface area contributed by atoms with E-state index in [1.165, 1.54) is 36.4 Å². The number of phenols is 2. The summed E-state index contributed by atoms with van der Waals surface area (Å²) in [4.78, 5) is 64.7. The lowest BCUT2D eigenvalue weighted by molar-refractivity contribution is -0.146. The number of aromatic hydroxyl groups is 2. The van der Waals surface area contributed by atoms with Crippen LogP contribution in [0.3, 0.4) is 0 Å². The van der Waals surface area contributed by atoms with Crippen molar-refractivity contribution in [3.8, 4) is 22.6 Å². The number of aliphatic carboxylic acids is 1. The van der Waals surface area contributed by atoms with Crippen molar-refractivity contribution >= 4 is 30.0 Å². The van der Waals surface area contributed by atoms with Crippen LogP contribution in [0.1, 0.15) is 65.2 Å². The Balaban J connectivity index is 2.09. The molecule has 4 bridgehead atoms. The third-order valence-electron chi connectivity index (χ3n) is 7.09. The molecule has 0 radical (unpaired) electrons. The molecule has 1 aliphatic heterocycles. The molecule has 4 amide bonds. The summed E-state index contributed by atoms with van der Waals surface area (Å²) in [5.74, 6) is -4.57. The number of hydrogen-bond donors (Lipinski definition) is 9. The van der Waals surface area contributed by atoms with Crippen molar-refractivity contribution in [3.63, 3.8) is 0 Å². The molecule has 0 saturated carbocycles. The normalized spacial score (nSPS) is 20.7. The minimum atomic E-state index is -2.05. The Bertz CT molecular complexity index is 1570. The first kappa shape index (κ1) is 38.4. The quantitative estimate of drug-likeness (QED) is 0.210. The predicted molar refractivity (Wildman–Crippen MR) is 173 cm³/mol. The number of phenolic OH excluding ortho intramolecular Hbond substituents is 2. The van der Waals surface area contributed by atoms with Crippen LogP contribution in [0.15, 0.2) is 36.4 Å². The molecule has 0 aromatic heterocycles. The predicted octanol–water partition coefficient (Wildman–Crippen LogP) is 1.58. The maximum atomic E-state index is 13.8. The number of ether oxygens (including phenoxy) is 2. The van der Waals surface area contributed by atoms with Crippen LogP contribution >= 0.6 is 0 Å². The van der Waals surface area contributed by atoms with Gasteiger partial charge >= 0.3 is 18.2 Å². The summed E-state index contributed by atoms with van der Waals surface area (Å²) >= 11 is 0. The average molecular weight is 689 g/mol. The van der Waals surface area contributed by atoms with Crippen LogP contribution in [0.4, 0.5) is 9.59 Å². The van der Waals surface area contributed by atoms with Gasteiger partial charge in [0.15, 0.2) is 6.04 Å². The Hall–Kier alpha value is -5.09. The molecule has 3 rings (SSSR count). The molecule has 268 valence electrons. The van der Waals surface area contributed by atoms with Crippen LogP contribution in [0.2, 0.25) is 0 Å². The van der Waals surface area contributed by atoms with Crippen LogP contribution in [0, 0.1) is 0 Å². The molecular weight excluding hydrogens is 644 g/mol. The molecule has 0 fully saturated rings. The van der Waals surface area contributed by atoms with E-state index in [1.54, 1.807) is 41.5 Å². The molecule has 1 aliphatic rings. The summed E-state index contributed by atoms with van der Waals surface area (Å²) < 4.78 is 10.5. The second kappa shape index (κ2) is 15.4. The smallest absolute Gasteiger partial charge is 0.408 e. The Labute approximate surface area is 282 Å². The van der Waals surface area contributed by atoms with Crippen LogP contribution in [-0.4, -0.2) is 97.5 Å². The number of carboxylic acids is 1. The van der Waals surface area contributed by atoms with Gasteiger partial charge < -0.3 is 56.3 Å². The number of amides is 4. The van der Waals surface area contributed by atoms with Crippen molar-refractivity contribution < 1.29 is 59.0 Å². The van der Waals surface area contributed by atoms with E-state index in [2.05, 4.69) is 21.3 Å². The first-order valence-electron chi connectivity index (χ1n) is 15.4. The highest BCUT2D eigenvalue weighted by Crippen LogP contribution is 2.34. The van der Waals surface area contributed by atoms with E-state index in [4.69, 9.17) is 9.47 Å². The number of benzene rings is 2. The van der Waals surface area contributed by atoms with Crippen molar-refractivity contribution in [2.75, 3.05) is 6.54 Å². The third-order valence-corrected chi connectivity index (χ3v) is 7.09. The van der Waals surface area contributed by atoms with Gasteiger partial charge in [0.25, 0.3) is 0 Å². The summed E-state index contributed by atoms with van der Waals surface area (Å²) in [7, 11) is 0. The van der Waals surface area contributed by atoms with Gasteiger partial charge in [0.2, 0.25) is 11.8 Å². The molecule has 2 aromatic carbocycles. The zero-order valence-corrected chi connectivity index (χ0v) is 28.1. The maximum Gasteiger partial charge on any atom is 0.408 e. The fourth-order valence-corrected chi connectivity index (χ4v) is 4.86. The van der Waals surface area contributed by atoms with Crippen molar-refractivity contribution in [2.24, 2.45) is 0 Å². The fraction of sp³-hybridized carbons (Fsp3) is 0.485. The molecule has 49 heavy (non-hydrogen) atoms. The highest BCUT2D eigenvalue weighted by molar-refractivity contribution is 5.93. The number of carboxylic acid groups (broad SMARTS) is 1. The number of alkyl carbamates (subject to hydrolysis) is 2. The Kier molecular flexibility index (Phi) is 12.1. The number of aliphatic hydroxyl groups excluding tert-OH is 2. The van der Waals surface area contributed by atoms with Gasteiger partial charge in [0.05, 0.1) is 6.10 Å². The first-order chi connectivity index (χ1) is 22.6. The number of carbonyl (C=O) groups is 5. The topological polar surface area (TPSA) is 253 Å².